The molecule has 1 spiro atoms. The molecule has 0 aromatic carbocycles. The second kappa shape index (κ2) is 9.13. The molecule has 5 unspecified atom stereocenters. The molecule has 27 heavy (non-hydrogen) atoms. The van der Waals surface area contributed by atoms with Crippen LogP contribution in [0.4, 0.5) is 0 Å². The van der Waals surface area contributed by atoms with Gasteiger partial charge in [0.05, 0.1) is 6.04 Å². The van der Waals surface area contributed by atoms with Crippen molar-refractivity contribution in [2.45, 2.75) is 94.9 Å². The van der Waals surface area contributed by atoms with E-state index in [-0.39, 0.29) is 30.3 Å². The number of carbonyl (C=O) groups is 2. The highest BCUT2D eigenvalue weighted by molar-refractivity contribution is 6.00. The van der Waals surface area contributed by atoms with Crippen LogP contribution in [0.2, 0.25) is 0 Å². The molecule has 3 aliphatic rings. The van der Waals surface area contributed by atoms with E-state index >= 15 is 0 Å². The lowest BCUT2D eigenvalue weighted by Gasteiger charge is -2.25. The highest BCUT2D eigenvalue weighted by atomic mass is 16.7. The molecule has 2 aliphatic heterocycles. The number of hydrogen-bond donors (Lipinski definition) is 2. The number of hydrogen-bond acceptors (Lipinski definition) is 5. The molecule has 0 radical (unpaired) electrons. The molecule has 2 heterocycles. The number of allylic oxidation sites excluding steroid dienone is 1. The number of ketones is 1. The van der Waals surface area contributed by atoms with Crippen molar-refractivity contribution < 1.29 is 24.2 Å². The van der Waals surface area contributed by atoms with Crippen LogP contribution in [0.5, 0.6) is 0 Å². The molecule has 2 saturated heterocycles. The number of unbranched alkanes of at least 4 members (excludes halogenated alkanes) is 7. The van der Waals surface area contributed by atoms with Gasteiger partial charge in [-0.1, -0.05) is 51.5 Å². The van der Waals surface area contributed by atoms with Gasteiger partial charge in [-0.15, -0.1) is 0 Å². The standard InChI is InChI=1S/C21H31NO5/c1-2-3-4-5-6-7-8-9-10-11-18(24)22-15-14-21(27-20(15)25)17(23)13-12-16-19(21)26-16/h10-13,15-16,19-20,25H,2-9,14H2,1H3,(H,22,24). The molecule has 150 valence electrons. The molecule has 0 aromatic rings. The minimum absolute atomic E-state index is 0.119. The third-order valence-corrected chi connectivity index (χ3v) is 5.61. The van der Waals surface area contributed by atoms with Gasteiger partial charge in [0, 0.05) is 6.42 Å². The lowest BCUT2D eigenvalue weighted by molar-refractivity contribution is -0.166. The Balaban J connectivity index is 1.36. The molecular formula is C21H31NO5. The van der Waals surface area contributed by atoms with E-state index in [4.69, 9.17) is 9.47 Å². The van der Waals surface area contributed by atoms with Crippen LogP contribution in [0, 0.1) is 0 Å². The second-order valence-electron chi connectivity index (χ2n) is 7.77. The Morgan fingerprint density at radius 3 is 2.81 bits per heavy atom. The van der Waals surface area contributed by atoms with Crippen molar-refractivity contribution >= 4 is 11.7 Å². The molecule has 3 rings (SSSR count). The van der Waals surface area contributed by atoms with Gasteiger partial charge in [0.25, 0.3) is 0 Å². The summed E-state index contributed by atoms with van der Waals surface area (Å²) in [5.74, 6) is -0.471. The maximum atomic E-state index is 12.3. The molecule has 5 atom stereocenters. The van der Waals surface area contributed by atoms with E-state index in [1.807, 2.05) is 6.08 Å². The molecule has 6 nitrogen and oxygen atoms in total. The van der Waals surface area contributed by atoms with Crippen molar-refractivity contribution in [2.75, 3.05) is 0 Å². The summed E-state index contributed by atoms with van der Waals surface area (Å²) in [5, 5.41) is 12.9. The molecular weight excluding hydrogens is 346 g/mol. The van der Waals surface area contributed by atoms with Crippen LogP contribution in [0.15, 0.2) is 24.3 Å². The molecule has 2 N–H and O–H groups in total. The van der Waals surface area contributed by atoms with Crippen LogP contribution < -0.4 is 5.32 Å². The van der Waals surface area contributed by atoms with Gasteiger partial charge in [0.2, 0.25) is 5.91 Å². The van der Waals surface area contributed by atoms with Gasteiger partial charge in [-0.25, -0.2) is 0 Å². The minimum Gasteiger partial charge on any atom is -0.366 e. The molecule has 0 saturated carbocycles. The van der Waals surface area contributed by atoms with Gasteiger partial charge in [-0.05, 0) is 31.1 Å². The van der Waals surface area contributed by atoms with Crippen molar-refractivity contribution in [1.29, 1.82) is 0 Å². The SMILES string of the molecule is CCCCCCCCCC=CC(=O)NC1CC2(OC1O)C(=O)C=CC1OC12. The topological polar surface area (TPSA) is 88.2 Å². The van der Waals surface area contributed by atoms with E-state index in [0.29, 0.717) is 0 Å². The Morgan fingerprint density at radius 1 is 1.30 bits per heavy atom. The fourth-order valence-corrected chi connectivity index (χ4v) is 3.99. The Morgan fingerprint density at radius 2 is 2.04 bits per heavy atom. The Bertz CT molecular complexity index is 601. The van der Waals surface area contributed by atoms with E-state index in [0.717, 1.165) is 12.8 Å². The second-order valence-corrected chi connectivity index (χ2v) is 7.77. The van der Waals surface area contributed by atoms with Gasteiger partial charge >= 0.3 is 0 Å². The number of fused-ring (bicyclic) bond motifs is 2. The van der Waals surface area contributed by atoms with Crippen LogP contribution in [0.1, 0.15) is 64.7 Å². The highest BCUT2D eigenvalue weighted by Crippen LogP contribution is 2.47. The largest absolute Gasteiger partial charge is 0.366 e. The zero-order chi connectivity index (χ0) is 19.3. The summed E-state index contributed by atoms with van der Waals surface area (Å²) >= 11 is 0. The third kappa shape index (κ3) is 4.86. The van der Waals surface area contributed by atoms with Gasteiger partial charge in [-0.2, -0.15) is 0 Å². The highest BCUT2D eigenvalue weighted by Gasteiger charge is 2.65. The lowest BCUT2D eigenvalue weighted by Crippen LogP contribution is -2.46. The first kappa shape index (κ1) is 20.2. The molecule has 1 aliphatic carbocycles. The third-order valence-electron chi connectivity index (χ3n) is 5.61. The van der Waals surface area contributed by atoms with Crippen LogP contribution in [-0.4, -0.2) is 46.9 Å². The van der Waals surface area contributed by atoms with Gasteiger partial charge in [0.15, 0.2) is 17.7 Å². The fraction of sp³-hybridized carbons (Fsp3) is 0.714. The van der Waals surface area contributed by atoms with Crippen LogP contribution >= 0.6 is 0 Å². The van der Waals surface area contributed by atoms with Crippen LogP contribution in [0.25, 0.3) is 0 Å². The van der Waals surface area contributed by atoms with Gasteiger partial charge < -0.3 is 19.9 Å². The smallest absolute Gasteiger partial charge is 0.244 e. The quantitative estimate of drug-likeness (QED) is 0.347. The summed E-state index contributed by atoms with van der Waals surface area (Å²) in [6.45, 7) is 2.22. The van der Waals surface area contributed by atoms with E-state index in [1.54, 1.807) is 6.08 Å². The summed E-state index contributed by atoms with van der Waals surface area (Å²) in [4.78, 5) is 24.4. The van der Waals surface area contributed by atoms with Crippen molar-refractivity contribution in [1.82, 2.24) is 5.32 Å². The summed E-state index contributed by atoms with van der Waals surface area (Å²) in [6, 6.07) is -0.610. The number of ether oxygens (including phenoxy) is 2. The van der Waals surface area contributed by atoms with E-state index in [1.165, 1.54) is 50.7 Å². The molecule has 0 bridgehead atoms. The number of aliphatic hydroxyl groups excluding tert-OH is 1. The zero-order valence-corrected chi connectivity index (χ0v) is 16.1. The normalized spacial score (nSPS) is 34.4. The minimum atomic E-state index is -1.20. The van der Waals surface area contributed by atoms with Crippen LogP contribution in [-0.2, 0) is 19.1 Å². The number of carbonyl (C=O) groups excluding carboxylic acids is 2. The number of amides is 1. The zero-order valence-electron chi connectivity index (χ0n) is 16.1. The number of epoxide rings is 1. The van der Waals surface area contributed by atoms with E-state index < -0.39 is 17.9 Å². The van der Waals surface area contributed by atoms with Crippen molar-refractivity contribution in [2.24, 2.45) is 0 Å². The maximum Gasteiger partial charge on any atom is 0.244 e. The number of aliphatic hydroxyl groups is 1. The molecule has 0 aromatic heterocycles. The molecule has 1 amide bonds. The predicted octanol–water partition coefficient (Wildman–Crippen LogP) is 2.55. The summed E-state index contributed by atoms with van der Waals surface area (Å²) < 4.78 is 11.0. The lowest BCUT2D eigenvalue weighted by atomic mass is 9.84. The first-order chi connectivity index (χ1) is 13.1. The van der Waals surface area contributed by atoms with Gasteiger partial charge in [-0.3, -0.25) is 9.59 Å². The van der Waals surface area contributed by atoms with Crippen molar-refractivity contribution in [3.05, 3.63) is 24.3 Å². The first-order valence-corrected chi connectivity index (χ1v) is 10.3. The summed E-state index contributed by atoms with van der Waals surface area (Å²) in [6.07, 6.45) is 14.7. The predicted molar refractivity (Wildman–Crippen MR) is 101 cm³/mol. The Hall–Kier alpha value is -1.50. The first-order valence-electron chi connectivity index (χ1n) is 10.3. The Kier molecular flexibility index (Phi) is 6.84. The van der Waals surface area contributed by atoms with Crippen molar-refractivity contribution in [3.8, 4) is 0 Å². The Labute approximate surface area is 161 Å². The van der Waals surface area contributed by atoms with E-state index in [9.17, 15) is 14.7 Å². The summed E-state index contributed by atoms with van der Waals surface area (Å²) in [5.41, 5.74) is -1.15. The fourth-order valence-electron chi connectivity index (χ4n) is 3.99. The van der Waals surface area contributed by atoms with Crippen LogP contribution in [0.3, 0.4) is 0 Å². The van der Waals surface area contributed by atoms with Crippen molar-refractivity contribution in [3.63, 3.8) is 0 Å². The van der Waals surface area contributed by atoms with E-state index in [2.05, 4.69) is 12.2 Å². The summed E-state index contributed by atoms with van der Waals surface area (Å²) in [7, 11) is 0. The monoisotopic (exact) mass is 377 g/mol. The molecule has 6 heteroatoms. The average molecular weight is 377 g/mol. The maximum absolute atomic E-state index is 12.3. The number of rotatable bonds is 10. The average Bonchev–Trinajstić information content (AvgIpc) is 3.37. The van der Waals surface area contributed by atoms with Gasteiger partial charge in [0.1, 0.15) is 12.2 Å². The molecule has 2 fully saturated rings. The number of nitrogens with one attached hydrogen (secondary N) is 1.